The highest BCUT2D eigenvalue weighted by atomic mass is 32.2. The molecular weight excluding hydrogens is 192 g/mol. The monoisotopic (exact) mass is 210 g/mol. The van der Waals surface area contributed by atoms with E-state index in [4.69, 9.17) is 10.6 Å². The Balaban J connectivity index is 4.24. The van der Waals surface area contributed by atoms with E-state index in [9.17, 15) is 8.42 Å². The van der Waals surface area contributed by atoms with Gasteiger partial charge < -0.3 is 4.74 Å². The summed E-state index contributed by atoms with van der Waals surface area (Å²) < 4.78 is 27.4. The van der Waals surface area contributed by atoms with Crippen molar-refractivity contribution in [2.24, 2.45) is 5.84 Å². The number of hydrogen-bond acceptors (Lipinski definition) is 5. The van der Waals surface area contributed by atoms with Crippen LogP contribution in [0.25, 0.3) is 0 Å². The van der Waals surface area contributed by atoms with Crippen LogP contribution in [0.5, 0.6) is 0 Å². The van der Waals surface area contributed by atoms with Crippen molar-refractivity contribution >= 4 is 9.84 Å². The summed E-state index contributed by atoms with van der Waals surface area (Å²) in [4.78, 5) is 0. The maximum absolute atomic E-state index is 11.1. The molecule has 13 heavy (non-hydrogen) atoms. The van der Waals surface area contributed by atoms with Gasteiger partial charge in [0.2, 0.25) is 0 Å². The lowest BCUT2D eigenvalue weighted by molar-refractivity contribution is 0.122. The van der Waals surface area contributed by atoms with Gasteiger partial charge in [-0.2, -0.15) is 0 Å². The first kappa shape index (κ1) is 12.8. The molecule has 0 aromatic heterocycles. The predicted octanol–water partition coefficient (Wildman–Crippen LogP) is -0.712. The molecule has 0 saturated heterocycles. The third-order valence-electron chi connectivity index (χ3n) is 1.96. The lowest BCUT2D eigenvalue weighted by Crippen LogP contribution is -2.48. The third kappa shape index (κ3) is 4.56. The number of sulfone groups is 1. The van der Waals surface area contributed by atoms with Gasteiger partial charge in [0.05, 0.1) is 17.9 Å². The van der Waals surface area contributed by atoms with Gasteiger partial charge >= 0.3 is 0 Å². The predicted molar refractivity (Wildman–Crippen MR) is 51.9 cm³/mol. The van der Waals surface area contributed by atoms with Crippen LogP contribution in [-0.2, 0) is 14.6 Å². The fourth-order valence-electron chi connectivity index (χ4n) is 0.862. The average Bonchev–Trinajstić information content (AvgIpc) is 2.04. The van der Waals surface area contributed by atoms with Gasteiger partial charge in [-0.15, -0.1) is 0 Å². The van der Waals surface area contributed by atoms with E-state index in [1.807, 2.05) is 6.92 Å². The van der Waals surface area contributed by atoms with Crippen molar-refractivity contribution in [2.75, 3.05) is 19.5 Å². The Labute approximate surface area is 79.5 Å². The second kappa shape index (κ2) is 5.54. The van der Waals surface area contributed by atoms with E-state index in [-0.39, 0.29) is 6.04 Å². The van der Waals surface area contributed by atoms with Crippen molar-refractivity contribution in [3.8, 4) is 0 Å². The summed E-state index contributed by atoms with van der Waals surface area (Å²) in [6.45, 7) is 4.31. The molecule has 0 radical (unpaired) electrons. The molecule has 0 aliphatic heterocycles. The summed E-state index contributed by atoms with van der Waals surface area (Å²) in [5.74, 6) is 5.22. The van der Waals surface area contributed by atoms with E-state index < -0.39 is 15.1 Å². The summed E-state index contributed by atoms with van der Waals surface area (Å²) in [5.41, 5.74) is 2.44. The molecule has 0 amide bonds. The molecule has 0 fully saturated rings. The van der Waals surface area contributed by atoms with E-state index >= 15 is 0 Å². The molecule has 0 rings (SSSR count). The first-order valence-corrected chi connectivity index (χ1v) is 6.11. The summed E-state index contributed by atoms with van der Waals surface area (Å²) in [6.07, 6.45) is 1.19. The van der Waals surface area contributed by atoms with Crippen LogP contribution < -0.4 is 11.3 Å². The van der Waals surface area contributed by atoms with Crippen LogP contribution in [0.1, 0.15) is 13.8 Å². The van der Waals surface area contributed by atoms with E-state index in [2.05, 4.69) is 5.43 Å². The zero-order valence-electron chi connectivity index (χ0n) is 8.28. The Morgan fingerprint density at radius 3 is 2.38 bits per heavy atom. The molecule has 2 unspecified atom stereocenters. The number of nitrogens with one attached hydrogen (secondary N) is 1. The quantitative estimate of drug-likeness (QED) is 0.447. The van der Waals surface area contributed by atoms with Crippen molar-refractivity contribution in [2.45, 2.75) is 25.1 Å². The Kier molecular flexibility index (Phi) is 5.46. The minimum Gasteiger partial charge on any atom is -0.380 e. The summed E-state index contributed by atoms with van der Waals surface area (Å²) in [6, 6.07) is -0.352. The van der Waals surface area contributed by atoms with Gasteiger partial charge in [-0.25, -0.2) is 8.42 Å². The van der Waals surface area contributed by atoms with Crippen LogP contribution in [0.4, 0.5) is 0 Å². The minimum absolute atomic E-state index is 0.307. The smallest absolute Gasteiger partial charge is 0.151 e. The van der Waals surface area contributed by atoms with Crippen molar-refractivity contribution < 1.29 is 13.2 Å². The average molecular weight is 210 g/mol. The van der Waals surface area contributed by atoms with Gasteiger partial charge in [0.1, 0.15) is 0 Å². The largest absolute Gasteiger partial charge is 0.380 e. The molecule has 0 aliphatic rings. The summed E-state index contributed by atoms with van der Waals surface area (Å²) in [7, 11) is -3.07. The SMILES string of the molecule is CCOCC(NN)C(C)S(C)(=O)=O. The number of nitrogens with two attached hydrogens (primary N) is 1. The number of hydrazine groups is 1. The van der Waals surface area contributed by atoms with E-state index in [1.54, 1.807) is 6.92 Å². The fraction of sp³-hybridized carbons (Fsp3) is 1.00. The molecule has 0 aromatic carbocycles. The lowest BCUT2D eigenvalue weighted by Gasteiger charge is -2.21. The third-order valence-corrected chi connectivity index (χ3v) is 3.64. The molecule has 3 N–H and O–H groups in total. The maximum Gasteiger partial charge on any atom is 0.151 e. The first-order chi connectivity index (χ1) is 5.93. The summed E-state index contributed by atoms with van der Waals surface area (Å²) in [5, 5.41) is -0.538. The van der Waals surface area contributed by atoms with Gasteiger partial charge in [0, 0.05) is 12.9 Å². The van der Waals surface area contributed by atoms with Gasteiger partial charge in [0.15, 0.2) is 9.84 Å². The van der Waals surface area contributed by atoms with Gasteiger partial charge in [-0.05, 0) is 13.8 Å². The van der Waals surface area contributed by atoms with Crippen LogP contribution in [0, 0.1) is 0 Å². The van der Waals surface area contributed by atoms with E-state index in [1.165, 1.54) is 6.26 Å². The zero-order chi connectivity index (χ0) is 10.5. The van der Waals surface area contributed by atoms with Crippen LogP contribution in [0.2, 0.25) is 0 Å². The van der Waals surface area contributed by atoms with Crippen LogP contribution in [0.3, 0.4) is 0 Å². The highest BCUT2D eigenvalue weighted by molar-refractivity contribution is 7.91. The second-order valence-corrected chi connectivity index (χ2v) is 5.37. The lowest BCUT2D eigenvalue weighted by atomic mass is 10.2. The van der Waals surface area contributed by atoms with Crippen LogP contribution >= 0.6 is 0 Å². The second-order valence-electron chi connectivity index (χ2n) is 2.97. The van der Waals surface area contributed by atoms with Gasteiger partial charge in [-0.3, -0.25) is 11.3 Å². The standard InChI is InChI=1S/C7H18N2O3S/c1-4-12-5-7(9-8)6(2)13(3,10)11/h6-7,9H,4-5,8H2,1-3H3. The topological polar surface area (TPSA) is 81.4 Å². The normalized spacial score (nSPS) is 16.9. The van der Waals surface area contributed by atoms with Gasteiger partial charge in [-0.1, -0.05) is 0 Å². The zero-order valence-corrected chi connectivity index (χ0v) is 9.10. The highest BCUT2D eigenvalue weighted by Gasteiger charge is 2.24. The first-order valence-electron chi connectivity index (χ1n) is 4.16. The molecule has 0 bridgehead atoms. The molecule has 2 atom stereocenters. The number of ether oxygens (including phenoxy) is 1. The Morgan fingerprint density at radius 2 is 2.08 bits per heavy atom. The fourth-order valence-corrected chi connectivity index (χ4v) is 1.62. The molecular formula is C7H18N2O3S. The molecule has 0 aromatic rings. The van der Waals surface area contributed by atoms with Crippen molar-refractivity contribution in [1.29, 1.82) is 0 Å². The Hall–Kier alpha value is -0.170. The molecule has 5 nitrogen and oxygen atoms in total. The summed E-state index contributed by atoms with van der Waals surface area (Å²) >= 11 is 0. The van der Waals surface area contributed by atoms with E-state index in [0.29, 0.717) is 13.2 Å². The highest BCUT2D eigenvalue weighted by Crippen LogP contribution is 2.04. The van der Waals surface area contributed by atoms with Crippen molar-refractivity contribution in [3.63, 3.8) is 0 Å². The Morgan fingerprint density at radius 1 is 1.54 bits per heavy atom. The molecule has 0 aliphatic carbocycles. The molecule has 0 saturated carbocycles. The number of rotatable bonds is 6. The van der Waals surface area contributed by atoms with Gasteiger partial charge in [0.25, 0.3) is 0 Å². The van der Waals surface area contributed by atoms with E-state index in [0.717, 1.165) is 0 Å². The van der Waals surface area contributed by atoms with Crippen molar-refractivity contribution in [1.82, 2.24) is 5.43 Å². The number of hydrogen-bond donors (Lipinski definition) is 2. The molecule has 6 heteroatoms. The van der Waals surface area contributed by atoms with Crippen LogP contribution in [0.15, 0.2) is 0 Å². The molecule has 0 spiro atoms. The molecule has 80 valence electrons. The molecule has 0 heterocycles. The minimum atomic E-state index is -3.07. The van der Waals surface area contributed by atoms with Crippen LogP contribution in [-0.4, -0.2) is 39.2 Å². The van der Waals surface area contributed by atoms with Crippen molar-refractivity contribution in [3.05, 3.63) is 0 Å². The maximum atomic E-state index is 11.1. The Bertz CT molecular complexity index is 228.